The van der Waals surface area contributed by atoms with E-state index in [0.29, 0.717) is 30.8 Å². The van der Waals surface area contributed by atoms with E-state index in [0.717, 1.165) is 18.7 Å². The van der Waals surface area contributed by atoms with Gasteiger partial charge in [0.05, 0.1) is 18.2 Å². The lowest BCUT2D eigenvalue weighted by Crippen LogP contribution is -2.35. The molecule has 1 N–H and O–H groups in total. The Hall–Kier alpha value is -3.84. The fraction of sp³-hybridized carbons (Fsp3) is 0.233. The van der Waals surface area contributed by atoms with E-state index in [1.165, 1.54) is 28.5 Å². The van der Waals surface area contributed by atoms with Crippen LogP contribution in [0.4, 0.5) is 13.2 Å². The van der Waals surface area contributed by atoms with E-state index in [-0.39, 0.29) is 12.0 Å². The van der Waals surface area contributed by atoms with E-state index in [1.807, 2.05) is 42.5 Å². The topological polar surface area (TPSA) is 47.6 Å². The van der Waals surface area contributed by atoms with Gasteiger partial charge in [0.25, 0.3) is 0 Å². The highest BCUT2D eigenvalue weighted by Crippen LogP contribution is 2.42. The predicted molar refractivity (Wildman–Crippen MR) is 136 cm³/mol. The van der Waals surface area contributed by atoms with Crippen molar-refractivity contribution < 1.29 is 27.4 Å². The van der Waals surface area contributed by atoms with E-state index in [1.54, 1.807) is 0 Å². The molecule has 1 heterocycles. The molecule has 7 heteroatoms. The zero-order chi connectivity index (χ0) is 26.0. The van der Waals surface area contributed by atoms with E-state index < -0.39 is 23.3 Å². The molecule has 0 saturated carbocycles. The van der Waals surface area contributed by atoms with Gasteiger partial charge in [-0.2, -0.15) is 13.2 Å². The van der Waals surface area contributed by atoms with Crippen LogP contribution in [0, 0.1) is 0 Å². The van der Waals surface area contributed by atoms with Crippen LogP contribution in [-0.2, 0) is 17.5 Å². The summed E-state index contributed by atoms with van der Waals surface area (Å²) < 4.78 is 51.6. The van der Waals surface area contributed by atoms with Crippen molar-refractivity contribution >= 4 is 16.7 Å². The maximum absolute atomic E-state index is 13.6. The number of fused-ring (bicyclic) bond motifs is 2. The Morgan fingerprint density at radius 1 is 1.00 bits per heavy atom. The Bertz CT molecular complexity index is 1430. The van der Waals surface area contributed by atoms with Crippen LogP contribution in [0.3, 0.4) is 0 Å². The number of carbonyl (C=O) groups is 1. The first-order valence-electron chi connectivity index (χ1n) is 12.1. The second kappa shape index (κ2) is 10.3. The van der Waals surface area contributed by atoms with Crippen molar-refractivity contribution in [3.8, 4) is 5.75 Å². The number of benzene rings is 4. The molecule has 5 rings (SSSR count). The average Bonchev–Trinajstić information content (AvgIpc) is 2.91. The lowest BCUT2D eigenvalue weighted by molar-refractivity contribution is -0.138. The molecule has 0 saturated heterocycles. The van der Waals surface area contributed by atoms with Crippen molar-refractivity contribution in [1.82, 2.24) is 5.32 Å². The minimum absolute atomic E-state index is 0.209. The largest absolute Gasteiger partial charge is 0.489 e. The van der Waals surface area contributed by atoms with Crippen LogP contribution in [0.2, 0.25) is 0 Å². The molecular formula is C30H26F3NO3. The number of hydrogen-bond acceptors (Lipinski definition) is 4. The molecule has 0 radical (unpaired) electrons. The number of para-hydroxylation sites is 1. The normalized spacial score (nSPS) is 17.2. The summed E-state index contributed by atoms with van der Waals surface area (Å²) in [6.45, 7) is 1.21. The molecule has 0 aliphatic carbocycles. The number of carbonyl (C=O) groups excluding carboxylic acids is 1. The Kier molecular flexibility index (Phi) is 6.89. The third-order valence-corrected chi connectivity index (χ3v) is 6.81. The fourth-order valence-electron chi connectivity index (χ4n) is 5.05. The van der Waals surface area contributed by atoms with Gasteiger partial charge in [-0.15, -0.1) is 0 Å². The van der Waals surface area contributed by atoms with Crippen molar-refractivity contribution in [2.45, 2.75) is 31.2 Å². The van der Waals surface area contributed by atoms with Crippen molar-refractivity contribution in [2.24, 2.45) is 0 Å². The van der Waals surface area contributed by atoms with E-state index >= 15 is 0 Å². The van der Waals surface area contributed by atoms with Crippen LogP contribution >= 0.6 is 0 Å². The molecule has 1 aliphatic rings. The summed E-state index contributed by atoms with van der Waals surface area (Å²) in [5, 5.41) is 5.85. The van der Waals surface area contributed by atoms with Crippen LogP contribution in [0.1, 0.15) is 45.0 Å². The van der Waals surface area contributed by atoms with Crippen molar-refractivity contribution in [1.29, 1.82) is 0 Å². The summed E-state index contributed by atoms with van der Waals surface area (Å²) in [5.74, 6) is -0.557. The number of hydrogen-bond donors (Lipinski definition) is 1. The third kappa shape index (κ3) is 5.18. The minimum Gasteiger partial charge on any atom is -0.489 e. The first-order valence-corrected chi connectivity index (χ1v) is 12.1. The molecule has 0 bridgehead atoms. The Balaban J connectivity index is 1.39. The molecule has 190 valence electrons. The number of nitrogens with one attached hydrogen (secondary N) is 1. The summed E-state index contributed by atoms with van der Waals surface area (Å²) in [6, 6.07) is 25.7. The molecule has 0 fully saturated rings. The van der Waals surface area contributed by atoms with E-state index in [9.17, 15) is 18.0 Å². The maximum atomic E-state index is 13.6. The van der Waals surface area contributed by atoms with Gasteiger partial charge in [-0.25, -0.2) is 4.79 Å². The number of rotatable bonds is 6. The lowest BCUT2D eigenvalue weighted by atomic mass is 9.83. The molecular weight excluding hydrogens is 479 g/mol. The monoisotopic (exact) mass is 505 g/mol. The Labute approximate surface area is 213 Å². The van der Waals surface area contributed by atoms with Crippen LogP contribution in [0.5, 0.6) is 5.75 Å². The van der Waals surface area contributed by atoms with Crippen molar-refractivity contribution in [2.75, 3.05) is 13.7 Å². The van der Waals surface area contributed by atoms with Gasteiger partial charge in [0.2, 0.25) is 0 Å². The van der Waals surface area contributed by atoms with Crippen LogP contribution in [0.15, 0.2) is 84.9 Å². The van der Waals surface area contributed by atoms with Gasteiger partial charge < -0.3 is 14.8 Å². The third-order valence-electron chi connectivity index (χ3n) is 6.81. The fourth-order valence-corrected chi connectivity index (χ4v) is 5.05. The second-order valence-electron chi connectivity index (χ2n) is 9.13. The SMILES string of the molecule is COC(=O)c1cc(C2CC(CNCc3cccc4ccccc34)Oc3ccccc32)ccc1C(F)(F)F. The first kappa shape index (κ1) is 24.8. The molecule has 0 spiro atoms. The highest BCUT2D eigenvalue weighted by molar-refractivity contribution is 5.91. The summed E-state index contributed by atoms with van der Waals surface area (Å²) in [5.41, 5.74) is 1.18. The zero-order valence-corrected chi connectivity index (χ0v) is 20.2. The average molecular weight is 506 g/mol. The molecule has 0 amide bonds. The summed E-state index contributed by atoms with van der Waals surface area (Å²) in [7, 11) is 1.08. The Morgan fingerprint density at radius 2 is 1.76 bits per heavy atom. The quantitative estimate of drug-likeness (QED) is 0.296. The molecule has 2 atom stereocenters. The summed E-state index contributed by atoms with van der Waals surface area (Å²) >= 11 is 0. The van der Waals surface area contributed by atoms with Gasteiger partial charge in [0, 0.05) is 24.6 Å². The van der Waals surface area contributed by atoms with Crippen LogP contribution in [0.25, 0.3) is 10.8 Å². The highest BCUT2D eigenvalue weighted by Gasteiger charge is 2.37. The van der Waals surface area contributed by atoms with Gasteiger partial charge in [-0.05, 0) is 46.5 Å². The van der Waals surface area contributed by atoms with E-state index in [4.69, 9.17) is 4.74 Å². The van der Waals surface area contributed by atoms with Gasteiger partial charge in [-0.3, -0.25) is 0 Å². The maximum Gasteiger partial charge on any atom is 0.417 e. The van der Waals surface area contributed by atoms with Crippen molar-refractivity contribution in [3.05, 3.63) is 113 Å². The van der Waals surface area contributed by atoms with Crippen LogP contribution < -0.4 is 10.1 Å². The molecule has 37 heavy (non-hydrogen) atoms. The lowest BCUT2D eigenvalue weighted by Gasteiger charge is -2.33. The number of halogens is 3. The molecule has 2 unspecified atom stereocenters. The number of ether oxygens (including phenoxy) is 2. The van der Waals surface area contributed by atoms with Crippen molar-refractivity contribution in [3.63, 3.8) is 0 Å². The van der Waals surface area contributed by atoms with Crippen LogP contribution in [-0.4, -0.2) is 25.7 Å². The standard InChI is InChI=1S/C30H26F3NO3/c1-36-29(35)26-15-20(13-14-27(26)30(31,32)33)25-16-22(37-28-12-5-4-11-24(25)28)18-34-17-21-9-6-8-19-7-2-3-10-23(19)21/h2-15,22,25,34H,16-18H2,1H3. The first-order chi connectivity index (χ1) is 17.8. The zero-order valence-electron chi connectivity index (χ0n) is 20.2. The smallest absolute Gasteiger partial charge is 0.417 e. The number of methoxy groups -OCH3 is 1. The molecule has 4 aromatic rings. The minimum atomic E-state index is -4.66. The van der Waals surface area contributed by atoms with Gasteiger partial charge in [-0.1, -0.05) is 66.7 Å². The molecule has 0 aromatic heterocycles. The molecule has 4 nitrogen and oxygen atoms in total. The molecule has 4 aromatic carbocycles. The van der Waals surface area contributed by atoms with Gasteiger partial charge in [0.15, 0.2) is 0 Å². The predicted octanol–water partition coefficient (Wildman–Crippen LogP) is 6.72. The highest BCUT2D eigenvalue weighted by atomic mass is 19.4. The summed E-state index contributed by atoms with van der Waals surface area (Å²) in [4.78, 5) is 12.2. The second-order valence-corrected chi connectivity index (χ2v) is 9.13. The molecule has 1 aliphatic heterocycles. The Morgan fingerprint density at radius 3 is 2.57 bits per heavy atom. The summed E-state index contributed by atoms with van der Waals surface area (Å²) in [6.07, 6.45) is -4.33. The van der Waals surface area contributed by atoms with Gasteiger partial charge >= 0.3 is 12.1 Å². The van der Waals surface area contributed by atoms with Gasteiger partial charge in [0.1, 0.15) is 11.9 Å². The number of alkyl halides is 3. The van der Waals surface area contributed by atoms with E-state index in [2.05, 4.69) is 34.3 Å². The number of esters is 1.